The molecule has 156 valence electrons. The van der Waals surface area contributed by atoms with Crippen molar-refractivity contribution in [3.63, 3.8) is 0 Å². The fourth-order valence-corrected chi connectivity index (χ4v) is 4.27. The molecule has 1 aliphatic rings. The smallest absolute Gasteiger partial charge is 0.308 e. The Balaban J connectivity index is 1.37. The van der Waals surface area contributed by atoms with Gasteiger partial charge in [0.2, 0.25) is 0 Å². The number of carbonyl (C=O) groups excluding carboxylic acids is 1. The van der Waals surface area contributed by atoms with E-state index in [1.165, 1.54) is 28.6 Å². The van der Waals surface area contributed by atoms with Gasteiger partial charge >= 0.3 is 5.97 Å². The fourth-order valence-electron chi connectivity index (χ4n) is 3.15. The van der Waals surface area contributed by atoms with E-state index in [1.807, 2.05) is 6.07 Å². The van der Waals surface area contributed by atoms with Gasteiger partial charge in [-0.15, -0.1) is 0 Å². The molecule has 1 aromatic carbocycles. The van der Waals surface area contributed by atoms with Crippen LogP contribution in [0.15, 0.2) is 51.0 Å². The van der Waals surface area contributed by atoms with Gasteiger partial charge in [0, 0.05) is 29.6 Å². The lowest BCUT2D eigenvalue weighted by atomic mass is 10.1. The predicted octanol–water partition coefficient (Wildman–Crippen LogP) is 2.70. The molecule has 1 unspecified atom stereocenters. The highest BCUT2D eigenvalue weighted by molar-refractivity contribution is 7.99. The standard InChI is InChI=1S/C20H19N3O6S/c1-26-15-4-3-12(7-17(15)27-2)16-8-13(22-29-16)10-28-19(25)9-14-11-30-20-21-6-5-18(24)23(14)20/h3-8,14H,9-11H2,1-2H3. The molecule has 0 spiro atoms. The van der Waals surface area contributed by atoms with E-state index >= 15 is 0 Å². The summed E-state index contributed by atoms with van der Waals surface area (Å²) in [5.74, 6) is 1.88. The summed E-state index contributed by atoms with van der Waals surface area (Å²) in [5, 5.41) is 4.57. The lowest BCUT2D eigenvalue weighted by molar-refractivity contribution is -0.145. The van der Waals surface area contributed by atoms with Crippen LogP contribution in [0, 0.1) is 0 Å². The first-order valence-corrected chi connectivity index (χ1v) is 10.1. The SMILES string of the molecule is COc1ccc(-c2cc(COC(=O)CC3CSc4nccc(=O)n43)no2)cc1OC. The average Bonchev–Trinajstić information content (AvgIpc) is 3.40. The van der Waals surface area contributed by atoms with Gasteiger partial charge < -0.3 is 18.7 Å². The summed E-state index contributed by atoms with van der Waals surface area (Å²) in [6.07, 6.45) is 1.56. The number of methoxy groups -OCH3 is 2. The van der Waals surface area contributed by atoms with E-state index in [1.54, 1.807) is 32.4 Å². The Morgan fingerprint density at radius 3 is 2.87 bits per heavy atom. The Labute approximate surface area is 175 Å². The molecule has 9 nitrogen and oxygen atoms in total. The van der Waals surface area contributed by atoms with Crippen molar-refractivity contribution in [2.24, 2.45) is 0 Å². The van der Waals surface area contributed by atoms with Gasteiger partial charge in [-0.05, 0) is 18.2 Å². The summed E-state index contributed by atoms with van der Waals surface area (Å²) in [6.45, 7) is -0.0235. The second-order valence-corrected chi connectivity index (χ2v) is 7.50. The van der Waals surface area contributed by atoms with Crippen LogP contribution in [0.5, 0.6) is 11.5 Å². The lowest BCUT2D eigenvalue weighted by Crippen LogP contribution is -2.25. The van der Waals surface area contributed by atoms with Gasteiger partial charge in [0.05, 0.1) is 26.7 Å². The Morgan fingerprint density at radius 2 is 2.07 bits per heavy atom. The van der Waals surface area contributed by atoms with E-state index in [9.17, 15) is 9.59 Å². The lowest BCUT2D eigenvalue weighted by Gasteiger charge is -2.11. The number of hydrogen-bond donors (Lipinski definition) is 0. The highest BCUT2D eigenvalue weighted by atomic mass is 32.2. The highest BCUT2D eigenvalue weighted by Gasteiger charge is 2.27. The Bertz CT molecular complexity index is 1130. The molecule has 3 heterocycles. The molecule has 30 heavy (non-hydrogen) atoms. The normalized spacial score (nSPS) is 14.9. The Morgan fingerprint density at radius 1 is 1.23 bits per heavy atom. The number of ether oxygens (including phenoxy) is 3. The predicted molar refractivity (Wildman–Crippen MR) is 108 cm³/mol. The van der Waals surface area contributed by atoms with Gasteiger partial charge in [-0.25, -0.2) is 4.98 Å². The molecule has 0 saturated heterocycles. The quantitative estimate of drug-likeness (QED) is 0.414. The van der Waals surface area contributed by atoms with Crippen LogP contribution in [0.3, 0.4) is 0 Å². The van der Waals surface area contributed by atoms with E-state index in [0.717, 1.165) is 5.56 Å². The van der Waals surface area contributed by atoms with Crippen molar-refractivity contribution >= 4 is 17.7 Å². The van der Waals surface area contributed by atoms with Gasteiger partial charge in [0.1, 0.15) is 12.3 Å². The summed E-state index contributed by atoms with van der Waals surface area (Å²) < 4.78 is 22.7. The monoisotopic (exact) mass is 429 g/mol. The molecule has 0 N–H and O–H groups in total. The van der Waals surface area contributed by atoms with Crippen molar-refractivity contribution in [1.82, 2.24) is 14.7 Å². The van der Waals surface area contributed by atoms with Crippen LogP contribution >= 0.6 is 11.8 Å². The summed E-state index contributed by atoms with van der Waals surface area (Å²) in [5.41, 5.74) is 1.07. The molecule has 0 saturated carbocycles. The van der Waals surface area contributed by atoms with Crippen LogP contribution in [0.2, 0.25) is 0 Å². The number of aromatic nitrogens is 3. The number of nitrogens with zero attached hydrogens (tertiary/aromatic N) is 3. The molecule has 4 rings (SSSR count). The first-order valence-electron chi connectivity index (χ1n) is 9.13. The number of hydrogen-bond acceptors (Lipinski definition) is 9. The highest BCUT2D eigenvalue weighted by Crippen LogP contribution is 2.33. The van der Waals surface area contributed by atoms with Crippen molar-refractivity contribution in [1.29, 1.82) is 0 Å². The van der Waals surface area contributed by atoms with Gasteiger partial charge in [-0.2, -0.15) is 0 Å². The maximum atomic E-state index is 12.3. The van der Waals surface area contributed by atoms with Crippen LogP contribution in [0.25, 0.3) is 11.3 Å². The van der Waals surface area contributed by atoms with Crippen LogP contribution in [0.1, 0.15) is 18.2 Å². The van der Waals surface area contributed by atoms with Crippen molar-refractivity contribution in [3.8, 4) is 22.8 Å². The molecular formula is C20H19N3O6S. The van der Waals surface area contributed by atoms with E-state index < -0.39 is 5.97 Å². The minimum absolute atomic E-state index is 0.0235. The van der Waals surface area contributed by atoms with Gasteiger partial charge in [-0.1, -0.05) is 16.9 Å². The van der Waals surface area contributed by atoms with Gasteiger partial charge in [0.15, 0.2) is 22.4 Å². The largest absolute Gasteiger partial charge is 0.493 e. The maximum absolute atomic E-state index is 12.3. The molecule has 0 bridgehead atoms. The first-order chi connectivity index (χ1) is 14.6. The zero-order valence-electron chi connectivity index (χ0n) is 16.4. The summed E-state index contributed by atoms with van der Waals surface area (Å²) in [7, 11) is 3.12. The summed E-state index contributed by atoms with van der Waals surface area (Å²) in [4.78, 5) is 28.5. The number of esters is 1. The molecule has 1 atom stereocenters. The van der Waals surface area contributed by atoms with E-state index in [4.69, 9.17) is 18.7 Å². The van der Waals surface area contributed by atoms with Crippen molar-refractivity contribution < 1.29 is 23.5 Å². The van der Waals surface area contributed by atoms with E-state index in [2.05, 4.69) is 10.1 Å². The van der Waals surface area contributed by atoms with Gasteiger partial charge in [0.25, 0.3) is 5.56 Å². The van der Waals surface area contributed by atoms with Gasteiger partial charge in [-0.3, -0.25) is 14.2 Å². The van der Waals surface area contributed by atoms with Crippen LogP contribution in [-0.2, 0) is 16.1 Å². The molecule has 0 aliphatic carbocycles. The molecule has 1 aliphatic heterocycles. The minimum Gasteiger partial charge on any atom is -0.493 e. The maximum Gasteiger partial charge on any atom is 0.308 e. The molecule has 3 aromatic rings. The summed E-state index contributed by atoms with van der Waals surface area (Å²) >= 11 is 1.45. The number of thioether (sulfide) groups is 1. The van der Waals surface area contributed by atoms with Crippen LogP contribution in [-0.4, -0.2) is 40.6 Å². The zero-order chi connectivity index (χ0) is 21.1. The Kier molecular flexibility index (Phi) is 5.75. The third kappa shape index (κ3) is 4.04. The third-order valence-corrected chi connectivity index (χ3v) is 5.74. The van der Waals surface area contributed by atoms with E-state index in [0.29, 0.717) is 33.9 Å². The molecule has 0 fully saturated rings. The summed E-state index contributed by atoms with van der Waals surface area (Å²) in [6, 6.07) is 8.18. The molecular weight excluding hydrogens is 410 g/mol. The Hall–Kier alpha value is -3.27. The zero-order valence-corrected chi connectivity index (χ0v) is 17.2. The number of rotatable bonds is 7. The van der Waals surface area contributed by atoms with Crippen molar-refractivity contribution in [3.05, 3.63) is 52.6 Å². The van der Waals surface area contributed by atoms with Crippen LogP contribution < -0.4 is 15.0 Å². The first kappa shape index (κ1) is 20.0. The van der Waals surface area contributed by atoms with Crippen molar-refractivity contribution in [2.75, 3.05) is 20.0 Å². The molecule has 10 heteroatoms. The van der Waals surface area contributed by atoms with Crippen molar-refractivity contribution in [2.45, 2.75) is 24.2 Å². The fraction of sp³-hybridized carbons (Fsp3) is 0.300. The topological polar surface area (TPSA) is 106 Å². The second kappa shape index (κ2) is 8.62. The minimum atomic E-state index is -0.417. The number of benzene rings is 1. The second-order valence-electron chi connectivity index (χ2n) is 6.52. The van der Waals surface area contributed by atoms with E-state index in [-0.39, 0.29) is 24.6 Å². The molecule has 2 aromatic heterocycles. The number of carbonyl (C=O) groups is 1. The number of fused-ring (bicyclic) bond motifs is 1. The molecule has 0 amide bonds. The third-order valence-electron chi connectivity index (χ3n) is 4.63. The average molecular weight is 429 g/mol. The van der Waals surface area contributed by atoms with Crippen LogP contribution in [0.4, 0.5) is 0 Å². The molecule has 0 radical (unpaired) electrons.